The van der Waals surface area contributed by atoms with Crippen LogP contribution in [-0.2, 0) is 0 Å². The zero-order chi connectivity index (χ0) is 13.4. The van der Waals surface area contributed by atoms with Gasteiger partial charge in [-0.25, -0.2) is 0 Å². The van der Waals surface area contributed by atoms with Crippen LogP contribution in [0.4, 0.5) is 0 Å². The maximum atomic E-state index is 5.49. The first kappa shape index (κ1) is 15.0. The molecule has 3 N–H and O–H groups in total. The maximum Gasteiger partial charge on any atom is 0.119 e. The molecule has 0 fully saturated rings. The van der Waals surface area contributed by atoms with Crippen LogP contribution in [0.15, 0.2) is 24.3 Å². The van der Waals surface area contributed by atoms with E-state index in [1.165, 1.54) is 5.56 Å². The summed E-state index contributed by atoms with van der Waals surface area (Å²) in [7, 11) is 5.88. The third-order valence-corrected chi connectivity index (χ3v) is 3.00. The fraction of sp³-hybridized carbons (Fsp3) is 0.571. The van der Waals surface area contributed by atoms with E-state index in [2.05, 4.69) is 36.4 Å². The minimum Gasteiger partial charge on any atom is -0.497 e. The van der Waals surface area contributed by atoms with Crippen molar-refractivity contribution < 1.29 is 4.74 Å². The van der Waals surface area contributed by atoms with Crippen LogP contribution in [0.25, 0.3) is 0 Å². The molecular formula is C14H25N3O. The number of hydrogen-bond donors (Lipinski definition) is 2. The number of nitrogens with two attached hydrogens (primary N) is 1. The van der Waals surface area contributed by atoms with Gasteiger partial charge in [0, 0.05) is 12.6 Å². The van der Waals surface area contributed by atoms with E-state index in [1.807, 2.05) is 12.1 Å². The fourth-order valence-corrected chi connectivity index (χ4v) is 1.91. The molecule has 1 rings (SSSR count). The third kappa shape index (κ3) is 4.64. The summed E-state index contributed by atoms with van der Waals surface area (Å²) >= 11 is 0. The van der Waals surface area contributed by atoms with Crippen molar-refractivity contribution in [2.24, 2.45) is 5.73 Å². The van der Waals surface area contributed by atoms with Crippen LogP contribution >= 0.6 is 0 Å². The molecule has 0 aliphatic carbocycles. The van der Waals surface area contributed by atoms with Gasteiger partial charge in [0.2, 0.25) is 0 Å². The molecule has 0 radical (unpaired) electrons. The monoisotopic (exact) mass is 251 g/mol. The number of nitrogens with one attached hydrogen (secondary N) is 1. The van der Waals surface area contributed by atoms with E-state index in [-0.39, 0.29) is 0 Å². The molecule has 1 unspecified atom stereocenters. The normalized spacial score (nSPS) is 12.7. The lowest BCUT2D eigenvalue weighted by Gasteiger charge is -2.25. The van der Waals surface area contributed by atoms with E-state index in [0.717, 1.165) is 31.8 Å². The van der Waals surface area contributed by atoms with E-state index in [0.29, 0.717) is 6.04 Å². The molecule has 0 aliphatic heterocycles. The average Bonchev–Trinajstić information content (AvgIpc) is 2.38. The Kier molecular flexibility index (Phi) is 6.72. The van der Waals surface area contributed by atoms with Crippen molar-refractivity contribution in [2.45, 2.75) is 12.5 Å². The Morgan fingerprint density at radius 3 is 2.78 bits per heavy atom. The molecule has 0 bridgehead atoms. The molecule has 0 amide bonds. The SMILES string of the molecule is COc1cccc(C(CNCCCN)N(C)C)c1. The molecule has 0 aromatic heterocycles. The number of ether oxygens (including phenoxy) is 1. The molecule has 4 heteroatoms. The Morgan fingerprint density at radius 1 is 1.39 bits per heavy atom. The second-order valence-electron chi connectivity index (χ2n) is 4.60. The molecule has 18 heavy (non-hydrogen) atoms. The van der Waals surface area contributed by atoms with Crippen LogP contribution < -0.4 is 15.8 Å². The smallest absolute Gasteiger partial charge is 0.119 e. The molecule has 0 heterocycles. The highest BCUT2D eigenvalue weighted by molar-refractivity contribution is 5.30. The zero-order valence-corrected chi connectivity index (χ0v) is 11.6. The number of benzene rings is 1. The predicted molar refractivity (Wildman–Crippen MR) is 76.0 cm³/mol. The van der Waals surface area contributed by atoms with Crippen LogP contribution in [0.3, 0.4) is 0 Å². The molecule has 0 aliphatic rings. The highest BCUT2D eigenvalue weighted by atomic mass is 16.5. The zero-order valence-electron chi connectivity index (χ0n) is 11.6. The lowest BCUT2D eigenvalue weighted by Crippen LogP contribution is -2.32. The molecular weight excluding hydrogens is 226 g/mol. The average molecular weight is 251 g/mol. The Balaban J connectivity index is 2.65. The molecule has 4 nitrogen and oxygen atoms in total. The fourth-order valence-electron chi connectivity index (χ4n) is 1.91. The molecule has 1 aromatic rings. The third-order valence-electron chi connectivity index (χ3n) is 3.00. The summed E-state index contributed by atoms with van der Waals surface area (Å²) in [4.78, 5) is 2.21. The van der Waals surface area contributed by atoms with Gasteiger partial charge in [-0.05, 0) is 51.3 Å². The molecule has 1 atom stereocenters. The minimum atomic E-state index is 0.345. The Bertz CT molecular complexity index is 342. The number of likely N-dealkylation sites (N-methyl/N-ethyl adjacent to an activating group) is 1. The first-order chi connectivity index (χ1) is 8.69. The maximum absolute atomic E-state index is 5.49. The predicted octanol–water partition coefficient (Wildman–Crippen LogP) is 1.24. The first-order valence-corrected chi connectivity index (χ1v) is 6.40. The van der Waals surface area contributed by atoms with Crippen molar-refractivity contribution >= 4 is 0 Å². The van der Waals surface area contributed by atoms with Crippen molar-refractivity contribution in [1.29, 1.82) is 0 Å². The molecule has 1 aromatic carbocycles. The van der Waals surface area contributed by atoms with E-state index < -0.39 is 0 Å². The van der Waals surface area contributed by atoms with Gasteiger partial charge in [-0.1, -0.05) is 12.1 Å². The van der Waals surface area contributed by atoms with Gasteiger partial charge < -0.3 is 20.7 Å². The van der Waals surface area contributed by atoms with E-state index >= 15 is 0 Å². The van der Waals surface area contributed by atoms with Crippen molar-refractivity contribution in [3.8, 4) is 5.75 Å². The number of nitrogens with zero attached hydrogens (tertiary/aromatic N) is 1. The lowest BCUT2D eigenvalue weighted by atomic mass is 10.1. The second-order valence-corrected chi connectivity index (χ2v) is 4.60. The summed E-state index contributed by atoms with van der Waals surface area (Å²) in [5.41, 5.74) is 6.75. The molecule has 102 valence electrons. The van der Waals surface area contributed by atoms with Gasteiger partial charge in [0.25, 0.3) is 0 Å². The van der Waals surface area contributed by atoms with Crippen LogP contribution in [0, 0.1) is 0 Å². The van der Waals surface area contributed by atoms with Gasteiger partial charge in [-0.3, -0.25) is 0 Å². The Labute approximate surface area is 110 Å². The van der Waals surface area contributed by atoms with Crippen molar-refractivity contribution in [3.63, 3.8) is 0 Å². The summed E-state index contributed by atoms with van der Waals surface area (Å²) in [5.74, 6) is 0.904. The van der Waals surface area contributed by atoms with Crippen LogP contribution in [0.2, 0.25) is 0 Å². The lowest BCUT2D eigenvalue weighted by molar-refractivity contribution is 0.288. The summed E-state index contributed by atoms with van der Waals surface area (Å²) < 4.78 is 5.27. The molecule has 0 spiro atoms. The van der Waals surface area contributed by atoms with E-state index in [1.54, 1.807) is 7.11 Å². The summed E-state index contributed by atoms with van der Waals surface area (Å²) in [5, 5.41) is 3.44. The molecule has 0 saturated heterocycles. The van der Waals surface area contributed by atoms with E-state index in [4.69, 9.17) is 10.5 Å². The number of hydrogen-bond acceptors (Lipinski definition) is 4. The minimum absolute atomic E-state index is 0.345. The van der Waals surface area contributed by atoms with Gasteiger partial charge in [-0.2, -0.15) is 0 Å². The highest BCUT2D eigenvalue weighted by Gasteiger charge is 2.13. The topological polar surface area (TPSA) is 50.5 Å². The summed E-state index contributed by atoms with van der Waals surface area (Å²) in [6.07, 6.45) is 1.01. The van der Waals surface area contributed by atoms with Gasteiger partial charge in [0.1, 0.15) is 5.75 Å². The first-order valence-electron chi connectivity index (χ1n) is 6.40. The van der Waals surface area contributed by atoms with Gasteiger partial charge in [-0.15, -0.1) is 0 Å². The highest BCUT2D eigenvalue weighted by Crippen LogP contribution is 2.21. The van der Waals surface area contributed by atoms with Crippen molar-refractivity contribution in [3.05, 3.63) is 29.8 Å². The summed E-state index contributed by atoms with van der Waals surface area (Å²) in [6.45, 7) is 2.61. The van der Waals surface area contributed by atoms with Gasteiger partial charge in [0.15, 0.2) is 0 Å². The quantitative estimate of drug-likeness (QED) is 0.683. The van der Waals surface area contributed by atoms with Crippen molar-refractivity contribution in [1.82, 2.24) is 10.2 Å². The van der Waals surface area contributed by atoms with Crippen LogP contribution in [-0.4, -0.2) is 45.7 Å². The standard InChI is InChI=1S/C14H25N3O/c1-17(2)14(11-16-9-5-8-15)12-6-4-7-13(10-12)18-3/h4,6-7,10,14,16H,5,8-9,11,15H2,1-3H3. The van der Waals surface area contributed by atoms with Crippen LogP contribution in [0.1, 0.15) is 18.0 Å². The van der Waals surface area contributed by atoms with Gasteiger partial charge >= 0.3 is 0 Å². The van der Waals surface area contributed by atoms with Crippen LogP contribution in [0.5, 0.6) is 5.75 Å². The molecule has 0 saturated carbocycles. The second kappa shape index (κ2) is 8.08. The summed E-state index contributed by atoms with van der Waals surface area (Å²) in [6, 6.07) is 8.58. The van der Waals surface area contributed by atoms with Gasteiger partial charge in [0.05, 0.1) is 7.11 Å². The Morgan fingerprint density at radius 2 is 2.17 bits per heavy atom. The number of rotatable bonds is 8. The van der Waals surface area contributed by atoms with Crippen molar-refractivity contribution in [2.75, 3.05) is 40.8 Å². The van der Waals surface area contributed by atoms with E-state index in [9.17, 15) is 0 Å². The Hall–Kier alpha value is -1.10. The number of methoxy groups -OCH3 is 1. The largest absolute Gasteiger partial charge is 0.497 e.